The molecule has 3 aromatic carbocycles. The zero-order valence-corrected chi connectivity index (χ0v) is 24.7. The lowest BCUT2D eigenvalue weighted by Crippen LogP contribution is -2.54. The normalized spacial score (nSPS) is 17.7. The molecule has 1 fully saturated rings. The molecule has 1 aliphatic rings. The van der Waals surface area contributed by atoms with E-state index in [9.17, 15) is 19.5 Å². The Balaban J connectivity index is 1.40. The predicted octanol–water partition coefficient (Wildman–Crippen LogP) is 5.26. The monoisotopic (exact) mass is 614 g/mol. The van der Waals surface area contributed by atoms with E-state index >= 15 is 0 Å². The molecule has 1 heterocycles. The topological polar surface area (TPSA) is 114 Å². The summed E-state index contributed by atoms with van der Waals surface area (Å²) in [7, 11) is 0. The van der Waals surface area contributed by atoms with Crippen molar-refractivity contribution in [2.24, 2.45) is 0 Å². The van der Waals surface area contributed by atoms with Crippen LogP contribution in [-0.2, 0) is 36.9 Å². The van der Waals surface area contributed by atoms with Gasteiger partial charge in [-0.15, -0.1) is 0 Å². The molecule has 4 atom stereocenters. The van der Waals surface area contributed by atoms with Crippen molar-refractivity contribution in [3.05, 3.63) is 94.0 Å². The summed E-state index contributed by atoms with van der Waals surface area (Å²) >= 11 is 12.4. The van der Waals surface area contributed by atoms with Gasteiger partial charge in [0.15, 0.2) is 12.2 Å². The van der Waals surface area contributed by atoms with Crippen molar-refractivity contribution in [2.45, 2.75) is 57.6 Å². The lowest BCUT2D eigenvalue weighted by Gasteiger charge is -2.31. The molecule has 2 amide bonds. The molecule has 1 saturated heterocycles. The van der Waals surface area contributed by atoms with Crippen molar-refractivity contribution in [3.8, 4) is 5.75 Å². The lowest BCUT2D eigenvalue weighted by atomic mass is 10.0. The van der Waals surface area contributed by atoms with Gasteiger partial charge in [-0.3, -0.25) is 9.59 Å². The maximum Gasteiger partial charge on any atom is 0.326 e. The molecular weight excluding hydrogens is 583 g/mol. The molecule has 2 unspecified atom stereocenters. The number of carboxylic acids is 1. The van der Waals surface area contributed by atoms with Crippen LogP contribution in [0.4, 0.5) is 5.69 Å². The number of nitrogens with one attached hydrogen (secondary N) is 1. The van der Waals surface area contributed by atoms with Crippen molar-refractivity contribution in [1.29, 1.82) is 0 Å². The van der Waals surface area contributed by atoms with E-state index in [0.29, 0.717) is 39.0 Å². The fourth-order valence-corrected chi connectivity index (χ4v) is 5.03. The van der Waals surface area contributed by atoms with Gasteiger partial charge in [0.05, 0.1) is 0 Å². The van der Waals surface area contributed by atoms with Crippen LogP contribution in [0.2, 0.25) is 10.0 Å². The molecule has 0 aliphatic carbocycles. The third kappa shape index (κ3) is 7.60. The number of benzene rings is 3. The van der Waals surface area contributed by atoms with E-state index in [1.54, 1.807) is 59.5 Å². The maximum absolute atomic E-state index is 13.6. The standard InChI is InChI=1S/C31H32Cl2N2O7/c1-3-19(2)35(21-8-5-4-6-9-21)30(37)28-27(41-18-42-28)29(36)34-26(31(38)39)16-20-12-14-22(15-13-20)40-17-23-24(32)10-7-11-25(23)33/h4-15,19,26-28H,3,16-18H2,1-2H3,(H,34,36)(H,38,39)/t19?,26?,27-,28-/m1/s1. The maximum atomic E-state index is 13.6. The average Bonchev–Trinajstić information content (AvgIpc) is 3.48. The summed E-state index contributed by atoms with van der Waals surface area (Å²) in [5, 5.41) is 13.3. The van der Waals surface area contributed by atoms with Gasteiger partial charge in [0.2, 0.25) is 0 Å². The number of carboxylic acid groups (broad SMARTS) is 1. The van der Waals surface area contributed by atoms with Crippen molar-refractivity contribution in [2.75, 3.05) is 11.7 Å². The smallest absolute Gasteiger partial charge is 0.326 e. The van der Waals surface area contributed by atoms with Crippen LogP contribution in [0.15, 0.2) is 72.8 Å². The summed E-state index contributed by atoms with van der Waals surface area (Å²) in [5.41, 5.74) is 1.97. The van der Waals surface area contributed by atoms with E-state index in [-0.39, 0.29) is 25.9 Å². The highest BCUT2D eigenvalue weighted by Crippen LogP contribution is 2.27. The Morgan fingerprint density at radius 2 is 1.62 bits per heavy atom. The van der Waals surface area contributed by atoms with E-state index in [2.05, 4.69) is 5.32 Å². The highest BCUT2D eigenvalue weighted by Gasteiger charge is 2.44. The van der Waals surface area contributed by atoms with E-state index in [4.69, 9.17) is 37.4 Å². The SMILES string of the molecule is CCC(C)N(C(=O)[C@@H]1OCO[C@H]1C(=O)NC(Cc1ccc(OCc2c(Cl)cccc2Cl)cc1)C(=O)O)c1ccccc1. The fraction of sp³-hybridized carbons (Fsp3) is 0.323. The van der Waals surface area contributed by atoms with Crippen LogP contribution in [0.25, 0.3) is 0 Å². The Morgan fingerprint density at radius 3 is 2.24 bits per heavy atom. The first-order valence-corrected chi connectivity index (χ1v) is 14.2. The number of amides is 2. The summed E-state index contributed by atoms with van der Waals surface area (Å²) in [4.78, 5) is 40.4. The molecule has 0 spiro atoms. The second-order valence-electron chi connectivity index (χ2n) is 9.83. The predicted molar refractivity (Wildman–Crippen MR) is 159 cm³/mol. The lowest BCUT2D eigenvalue weighted by molar-refractivity contribution is -0.144. The average molecular weight is 616 g/mol. The molecule has 0 aromatic heterocycles. The molecule has 1 aliphatic heterocycles. The second-order valence-corrected chi connectivity index (χ2v) is 10.6. The molecule has 0 saturated carbocycles. The van der Waals surface area contributed by atoms with Gasteiger partial charge in [-0.05, 0) is 55.3 Å². The van der Waals surface area contributed by atoms with Crippen LogP contribution >= 0.6 is 23.2 Å². The molecule has 4 rings (SSSR count). The van der Waals surface area contributed by atoms with Gasteiger partial charge in [0.1, 0.15) is 25.2 Å². The molecule has 2 N–H and O–H groups in total. The van der Waals surface area contributed by atoms with Gasteiger partial charge >= 0.3 is 5.97 Å². The van der Waals surface area contributed by atoms with E-state index in [0.717, 1.165) is 0 Å². The number of hydrogen-bond donors (Lipinski definition) is 2. The van der Waals surface area contributed by atoms with Crippen LogP contribution in [0.5, 0.6) is 5.75 Å². The van der Waals surface area contributed by atoms with Crippen LogP contribution in [0.1, 0.15) is 31.4 Å². The minimum Gasteiger partial charge on any atom is -0.489 e. The Bertz CT molecular complexity index is 1370. The summed E-state index contributed by atoms with van der Waals surface area (Å²) in [6, 6.07) is 19.6. The number of anilines is 1. The van der Waals surface area contributed by atoms with E-state index < -0.39 is 36.0 Å². The summed E-state index contributed by atoms with van der Waals surface area (Å²) in [5.74, 6) is -1.88. The number of carbonyl (C=O) groups excluding carboxylic acids is 2. The van der Waals surface area contributed by atoms with Gasteiger partial charge < -0.3 is 29.5 Å². The number of carbonyl (C=O) groups is 3. The zero-order valence-electron chi connectivity index (χ0n) is 23.2. The van der Waals surface area contributed by atoms with Crippen LogP contribution in [-0.4, -0.2) is 54.0 Å². The summed E-state index contributed by atoms with van der Waals surface area (Å²) in [6.45, 7) is 3.75. The Hall–Kier alpha value is -3.63. The van der Waals surface area contributed by atoms with Crippen LogP contribution < -0.4 is 15.0 Å². The van der Waals surface area contributed by atoms with Gasteiger partial charge in [0.25, 0.3) is 11.8 Å². The second kappa shape index (κ2) is 14.5. The van der Waals surface area contributed by atoms with Crippen LogP contribution in [0, 0.1) is 0 Å². The molecule has 9 nitrogen and oxygen atoms in total. The van der Waals surface area contributed by atoms with Crippen molar-refractivity contribution < 1.29 is 33.7 Å². The van der Waals surface area contributed by atoms with Crippen molar-refractivity contribution >= 4 is 46.7 Å². The first kappa shape index (κ1) is 31.3. The number of para-hydroxylation sites is 1. The van der Waals surface area contributed by atoms with Crippen LogP contribution in [0.3, 0.4) is 0 Å². The number of aliphatic carboxylic acids is 1. The quantitative estimate of drug-likeness (QED) is 0.286. The molecular formula is C31H32Cl2N2O7. The fourth-order valence-electron chi connectivity index (χ4n) is 4.52. The number of halogens is 2. The number of rotatable bonds is 12. The highest BCUT2D eigenvalue weighted by atomic mass is 35.5. The molecule has 11 heteroatoms. The van der Waals surface area contributed by atoms with Crippen molar-refractivity contribution in [3.63, 3.8) is 0 Å². The van der Waals surface area contributed by atoms with Crippen molar-refractivity contribution in [1.82, 2.24) is 5.32 Å². The Kier molecular flexibility index (Phi) is 10.8. The minimum absolute atomic E-state index is 0.00705. The van der Waals surface area contributed by atoms with Gasteiger partial charge in [-0.25, -0.2) is 4.79 Å². The highest BCUT2D eigenvalue weighted by molar-refractivity contribution is 6.35. The number of ether oxygens (including phenoxy) is 3. The zero-order chi connectivity index (χ0) is 30.2. The molecule has 42 heavy (non-hydrogen) atoms. The minimum atomic E-state index is -1.30. The van der Waals surface area contributed by atoms with Gasteiger partial charge in [0, 0.05) is 33.8 Å². The first-order valence-electron chi connectivity index (χ1n) is 13.5. The third-order valence-electron chi connectivity index (χ3n) is 7.00. The summed E-state index contributed by atoms with van der Waals surface area (Å²) in [6.07, 6.45) is -1.87. The van der Waals surface area contributed by atoms with Gasteiger partial charge in [-0.2, -0.15) is 0 Å². The molecule has 0 radical (unpaired) electrons. The molecule has 222 valence electrons. The largest absolute Gasteiger partial charge is 0.489 e. The Labute approximate surface area is 254 Å². The summed E-state index contributed by atoms with van der Waals surface area (Å²) < 4.78 is 16.8. The Morgan fingerprint density at radius 1 is 0.976 bits per heavy atom. The van der Waals surface area contributed by atoms with E-state index in [1.165, 1.54) is 0 Å². The molecule has 0 bridgehead atoms. The molecule has 3 aromatic rings. The number of hydrogen-bond acceptors (Lipinski definition) is 6. The number of nitrogens with zero attached hydrogens (tertiary/aromatic N) is 1. The first-order chi connectivity index (χ1) is 20.2. The van der Waals surface area contributed by atoms with E-state index in [1.807, 2.05) is 32.0 Å². The third-order valence-corrected chi connectivity index (χ3v) is 7.71. The van der Waals surface area contributed by atoms with Gasteiger partial charge in [-0.1, -0.05) is 66.5 Å².